The lowest BCUT2D eigenvalue weighted by atomic mass is 10.1. The van der Waals surface area contributed by atoms with Gasteiger partial charge in [-0.25, -0.2) is 0 Å². The van der Waals surface area contributed by atoms with Crippen molar-refractivity contribution in [3.63, 3.8) is 0 Å². The van der Waals surface area contributed by atoms with Crippen molar-refractivity contribution in [2.45, 2.75) is 19.4 Å². The molecule has 21 heavy (non-hydrogen) atoms. The molecule has 0 radical (unpaired) electrons. The van der Waals surface area contributed by atoms with E-state index in [1.807, 2.05) is 42.5 Å². The average Bonchev–Trinajstić information content (AvgIpc) is 2.48. The molecule has 0 spiro atoms. The minimum Gasteiger partial charge on any atom is -0.362 e. The van der Waals surface area contributed by atoms with E-state index < -0.39 is 0 Å². The fourth-order valence-electron chi connectivity index (χ4n) is 2.07. The SMILES string of the molecule is C[C@H](NC(=S)NCCc1ccccc1)c1cccc(Cl)c1. The van der Waals surface area contributed by atoms with Gasteiger partial charge >= 0.3 is 0 Å². The molecule has 0 aliphatic heterocycles. The molecule has 0 aliphatic rings. The van der Waals surface area contributed by atoms with E-state index in [-0.39, 0.29) is 6.04 Å². The summed E-state index contributed by atoms with van der Waals surface area (Å²) in [6, 6.07) is 18.3. The molecule has 0 saturated carbocycles. The molecule has 110 valence electrons. The second kappa shape index (κ2) is 8.01. The van der Waals surface area contributed by atoms with Gasteiger partial charge in [-0.3, -0.25) is 0 Å². The minimum absolute atomic E-state index is 0.125. The highest BCUT2D eigenvalue weighted by Crippen LogP contribution is 2.17. The number of thiocarbonyl (C=S) groups is 1. The molecule has 2 rings (SSSR count). The van der Waals surface area contributed by atoms with Crippen molar-refractivity contribution in [1.29, 1.82) is 0 Å². The first-order valence-electron chi connectivity index (χ1n) is 6.99. The van der Waals surface area contributed by atoms with Crippen molar-refractivity contribution in [3.8, 4) is 0 Å². The zero-order chi connectivity index (χ0) is 15.1. The van der Waals surface area contributed by atoms with Crippen LogP contribution in [0.2, 0.25) is 5.02 Å². The molecule has 0 amide bonds. The topological polar surface area (TPSA) is 24.1 Å². The summed E-state index contributed by atoms with van der Waals surface area (Å²) in [6.07, 6.45) is 0.953. The maximum absolute atomic E-state index is 6.00. The summed E-state index contributed by atoms with van der Waals surface area (Å²) in [4.78, 5) is 0. The van der Waals surface area contributed by atoms with Crippen LogP contribution in [0.15, 0.2) is 54.6 Å². The van der Waals surface area contributed by atoms with Crippen LogP contribution < -0.4 is 10.6 Å². The maximum Gasteiger partial charge on any atom is 0.166 e. The fourth-order valence-corrected chi connectivity index (χ4v) is 2.55. The minimum atomic E-state index is 0.125. The van der Waals surface area contributed by atoms with Crippen LogP contribution in [0, 0.1) is 0 Å². The van der Waals surface area contributed by atoms with E-state index in [4.69, 9.17) is 23.8 Å². The van der Waals surface area contributed by atoms with Crippen molar-refractivity contribution < 1.29 is 0 Å². The van der Waals surface area contributed by atoms with Gasteiger partial charge in [0.15, 0.2) is 5.11 Å². The summed E-state index contributed by atoms with van der Waals surface area (Å²) in [5.74, 6) is 0. The lowest BCUT2D eigenvalue weighted by Gasteiger charge is -2.17. The Morgan fingerprint density at radius 1 is 1.14 bits per heavy atom. The van der Waals surface area contributed by atoms with E-state index in [1.54, 1.807) is 0 Å². The van der Waals surface area contributed by atoms with Crippen LogP contribution in [0.5, 0.6) is 0 Å². The molecule has 2 N–H and O–H groups in total. The van der Waals surface area contributed by atoms with Gasteiger partial charge in [-0.05, 0) is 48.8 Å². The Morgan fingerprint density at radius 2 is 1.90 bits per heavy atom. The van der Waals surface area contributed by atoms with Crippen LogP contribution in [0.3, 0.4) is 0 Å². The normalized spacial score (nSPS) is 11.7. The number of nitrogens with one attached hydrogen (secondary N) is 2. The Bertz CT molecular complexity index is 586. The third-order valence-corrected chi connectivity index (χ3v) is 3.74. The van der Waals surface area contributed by atoms with Gasteiger partial charge in [0, 0.05) is 11.6 Å². The van der Waals surface area contributed by atoms with Crippen molar-refractivity contribution in [2.24, 2.45) is 0 Å². The largest absolute Gasteiger partial charge is 0.362 e. The number of rotatable bonds is 5. The molecule has 4 heteroatoms. The van der Waals surface area contributed by atoms with Crippen molar-refractivity contribution >= 4 is 28.9 Å². The van der Waals surface area contributed by atoms with E-state index >= 15 is 0 Å². The standard InChI is InChI=1S/C17H19ClN2S/c1-13(15-8-5-9-16(18)12-15)20-17(21)19-11-10-14-6-3-2-4-7-14/h2-9,12-13H,10-11H2,1H3,(H2,19,20,21)/t13-/m0/s1. The van der Waals surface area contributed by atoms with Gasteiger partial charge in [-0.2, -0.15) is 0 Å². The molecule has 2 aromatic rings. The quantitative estimate of drug-likeness (QED) is 0.811. The van der Waals surface area contributed by atoms with Gasteiger partial charge in [0.1, 0.15) is 0 Å². The second-order valence-electron chi connectivity index (χ2n) is 4.91. The molecular formula is C17H19ClN2S. The van der Waals surface area contributed by atoms with Gasteiger partial charge in [-0.1, -0.05) is 54.1 Å². The molecule has 1 atom stereocenters. The molecule has 0 saturated heterocycles. The van der Waals surface area contributed by atoms with Crippen molar-refractivity contribution in [2.75, 3.05) is 6.54 Å². The predicted octanol–water partition coefficient (Wildman–Crippen LogP) is 4.11. The molecular weight excluding hydrogens is 300 g/mol. The third kappa shape index (κ3) is 5.37. The van der Waals surface area contributed by atoms with Crippen LogP contribution in [0.25, 0.3) is 0 Å². The Morgan fingerprint density at radius 3 is 2.62 bits per heavy atom. The van der Waals surface area contributed by atoms with Gasteiger partial charge < -0.3 is 10.6 Å². The lowest BCUT2D eigenvalue weighted by molar-refractivity contribution is 0.696. The van der Waals surface area contributed by atoms with Crippen LogP contribution in [-0.2, 0) is 6.42 Å². The summed E-state index contributed by atoms with van der Waals surface area (Å²) >= 11 is 11.3. The number of hydrogen-bond donors (Lipinski definition) is 2. The summed E-state index contributed by atoms with van der Waals surface area (Å²) in [5, 5.41) is 7.91. The fraction of sp³-hybridized carbons (Fsp3) is 0.235. The number of hydrogen-bond acceptors (Lipinski definition) is 1. The summed E-state index contributed by atoms with van der Waals surface area (Å²) in [5.41, 5.74) is 2.42. The zero-order valence-electron chi connectivity index (χ0n) is 12.0. The summed E-state index contributed by atoms with van der Waals surface area (Å²) < 4.78 is 0. The Labute approximate surface area is 136 Å². The predicted molar refractivity (Wildman–Crippen MR) is 93.7 cm³/mol. The first-order valence-corrected chi connectivity index (χ1v) is 7.77. The highest BCUT2D eigenvalue weighted by Gasteiger charge is 2.07. The first-order chi connectivity index (χ1) is 10.1. The zero-order valence-corrected chi connectivity index (χ0v) is 13.5. The third-order valence-electron chi connectivity index (χ3n) is 3.24. The van der Waals surface area contributed by atoms with Crippen LogP contribution in [0.4, 0.5) is 0 Å². The molecule has 0 fully saturated rings. The summed E-state index contributed by atoms with van der Waals surface area (Å²) in [7, 11) is 0. The molecule has 0 unspecified atom stereocenters. The highest BCUT2D eigenvalue weighted by molar-refractivity contribution is 7.80. The Kier molecular flexibility index (Phi) is 6.03. The number of benzene rings is 2. The molecule has 0 heterocycles. The van der Waals surface area contributed by atoms with E-state index in [2.05, 4.69) is 29.7 Å². The molecule has 0 aliphatic carbocycles. The lowest BCUT2D eigenvalue weighted by Crippen LogP contribution is -2.37. The van der Waals surface area contributed by atoms with E-state index in [0.717, 1.165) is 23.6 Å². The molecule has 0 aromatic heterocycles. The van der Waals surface area contributed by atoms with Crippen LogP contribution in [0.1, 0.15) is 24.1 Å². The van der Waals surface area contributed by atoms with Crippen molar-refractivity contribution in [3.05, 3.63) is 70.7 Å². The summed E-state index contributed by atoms with van der Waals surface area (Å²) in [6.45, 7) is 2.88. The van der Waals surface area contributed by atoms with Crippen molar-refractivity contribution in [1.82, 2.24) is 10.6 Å². The van der Waals surface area contributed by atoms with Crippen LogP contribution in [-0.4, -0.2) is 11.7 Å². The molecule has 2 aromatic carbocycles. The van der Waals surface area contributed by atoms with Crippen LogP contribution >= 0.6 is 23.8 Å². The smallest absolute Gasteiger partial charge is 0.166 e. The average molecular weight is 319 g/mol. The number of halogens is 1. The molecule has 2 nitrogen and oxygen atoms in total. The van der Waals surface area contributed by atoms with E-state index in [1.165, 1.54) is 5.56 Å². The maximum atomic E-state index is 6.00. The van der Waals surface area contributed by atoms with Gasteiger partial charge in [0.2, 0.25) is 0 Å². The van der Waals surface area contributed by atoms with E-state index in [0.29, 0.717) is 5.11 Å². The Balaban J connectivity index is 1.76. The van der Waals surface area contributed by atoms with E-state index in [9.17, 15) is 0 Å². The molecule has 0 bridgehead atoms. The first kappa shape index (κ1) is 15.8. The van der Waals surface area contributed by atoms with Gasteiger partial charge in [0.25, 0.3) is 0 Å². The second-order valence-corrected chi connectivity index (χ2v) is 5.76. The Hall–Kier alpha value is -1.58. The monoisotopic (exact) mass is 318 g/mol. The highest BCUT2D eigenvalue weighted by atomic mass is 35.5. The van der Waals surface area contributed by atoms with Gasteiger partial charge in [0.05, 0.1) is 6.04 Å². The van der Waals surface area contributed by atoms with Gasteiger partial charge in [-0.15, -0.1) is 0 Å².